The third kappa shape index (κ3) is 4.20. The molecule has 1 aliphatic heterocycles. The monoisotopic (exact) mass is 524 g/mol. The van der Waals surface area contributed by atoms with Crippen molar-refractivity contribution in [2.75, 3.05) is 11.5 Å². The summed E-state index contributed by atoms with van der Waals surface area (Å²) in [6, 6.07) is 21.3. The normalized spacial score (nSPS) is 25.0. The van der Waals surface area contributed by atoms with Gasteiger partial charge in [-0.25, -0.2) is 4.79 Å². The first kappa shape index (κ1) is 24.7. The predicted octanol–water partition coefficient (Wildman–Crippen LogP) is 4.56. The van der Waals surface area contributed by atoms with Crippen molar-refractivity contribution < 1.29 is 28.8 Å². The number of hydrogen-bond donors (Lipinski definition) is 0. The van der Waals surface area contributed by atoms with Crippen molar-refractivity contribution in [1.82, 2.24) is 0 Å². The minimum absolute atomic E-state index is 0.0624. The number of fused-ring (bicyclic) bond motifs is 5. The Morgan fingerprint density at radius 1 is 0.872 bits per heavy atom. The van der Waals surface area contributed by atoms with Crippen LogP contribution >= 0.6 is 0 Å². The lowest BCUT2D eigenvalue weighted by molar-refractivity contribution is -0.384. The van der Waals surface area contributed by atoms with Crippen molar-refractivity contribution in [3.8, 4) is 0 Å². The molecule has 3 aromatic carbocycles. The molecule has 3 aromatic rings. The highest BCUT2D eigenvalue weighted by atomic mass is 16.6. The number of carbonyl (C=O) groups is 4. The number of nitro benzene ring substituents is 1. The summed E-state index contributed by atoms with van der Waals surface area (Å²) in [5.41, 5.74) is 1.59. The summed E-state index contributed by atoms with van der Waals surface area (Å²) in [6.07, 6.45) is 1.79. The second kappa shape index (κ2) is 9.58. The Kier molecular flexibility index (Phi) is 6.06. The summed E-state index contributed by atoms with van der Waals surface area (Å²) in [5.74, 6) is -1.73. The molecule has 9 heteroatoms. The highest BCUT2D eigenvalue weighted by Crippen LogP contribution is 2.61. The van der Waals surface area contributed by atoms with Gasteiger partial charge in [-0.1, -0.05) is 42.5 Å². The molecule has 3 aliphatic rings. The number of Topliss-reactive ketones (excluding diaryl/α,β-unsaturated/α-hetero) is 1. The maximum Gasteiger partial charge on any atom is 0.338 e. The molecule has 2 saturated carbocycles. The van der Waals surface area contributed by atoms with Gasteiger partial charge in [0.15, 0.2) is 6.61 Å². The summed E-state index contributed by atoms with van der Waals surface area (Å²) in [7, 11) is 0. The van der Waals surface area contributed by atoms with Crippen LogP contribution in [0, 0.1) is 33.8 Å². The fourth-order valence-corrected chi connectivity index (χ4v) is 6.63. The van der Waals surface area contributed by atoms with Gasteiger partial charge in [0.05, 0.1) is 28.0 Å². The highest BCUT2D eigenvalue weighted by molar-refractivity contribution is 6.22. The van der Waals surface area contributed by atoms with Crippen molar-refractivity contribution in [3.05, 3.63) is 106 Å². The Balaban J connectivity index is 1.12. The van der Waals surface area contributed by atoms with Crippen LogP contribution in [0.5, 0.6) is 0 Å². The molecule has 1 heterocycles. The number of nitro groups is 1. The van der Waals surface area contributed by atoms with Crippen molar-refractivity contribution in [2.45, 2.75) is 18.8 Å². The summed E-state index contributed by atoms with van der Waals surface area (Å²) in [5, 5.41) is 10.9. The average molecular weight is 525 g/mol. The van der Waals surface area contributed by atoms with E-state index in [1.165, 1.54) is 52.9 Å². The number of anilines is 1. The van der Waals surface area contributed by atoms with Gasteiger partial charge in [-0.3, -0.25) is 29.4 Å². The summed E-state index contributed by atoms with van der Waals surface area (Å²) in [6.45, 7) is -0.584. The van der Waals surface area contributed by atoms with Gasteiger partial charge in [0.25, 0.3) is 5.69 Å². The number of carbonyl (C=O) groups excluding carboxylic acids is 4. The van der Waals surface area contributed by atoms with E-state index in [9.17, 15) is 29.3 Å². The van der Waals surface area contributed by atoms with E-state index in [4.69, 9.17) is 4.74 Å². The highest BCUT2D eigenvalue weighted by Gasteiger charge is 2.64. The summed E-state index contributed by atoms with van der Waals surface area (Å²) >= 11 is 0. The molecule has 1 saturated heterocycles. The third-order valence-corrected chi connectivity index (χ3v) is 8.32. The quantitative estimate of drug-likeness (QED) is 0.146. The van der Waals surface area contributed by atoms with Crippen LogP contribution < -0.4 is 4.90 Å². The van der Waals surface area contributed by atoms with E-state index in [2.05, 4.69) is 12.1 Å². The number of amides is 2. The number of benzene rings is 3. The molecule has 2 amide bonds. The Hall–Kier alpha value is -4.66. The van der Waals surface area contributed by atoms with Crippen LogP contribution in [0.15, 0.2) is 78.9 Å². The average Bonchev–Trinajstić information content (AvgIpc) is 3.63. The smallest absolute Gasteiger partial charge is 0.338 e. The van der Waals surface area contributed by atoms with Crippen molar-refractivity contribution in [2.24, 2.45) is 23.7 Å². The Bertz CT molecular complexity index is 1500. The molecule has 3 fully saturated rings. The molecule has 39 heavy (non-hydrogen) atoms. The van der Waals surface area contributed by atoms with E-state index in [0.29, 0.717) is 5.69 Å². The molecular weight excluding hydrogens is 500 g/mol. The minimum Gasteiger partial charge on any atom is -0.454 e. The van der Waals surface area contributed by atoms with Gasteiger partial charge >= 0.3 is 5.97 Å². The van der Waals surface area contributed by atoms with E-state index in [0.717, 1.165) is 18.9 Å². The van der Waals surface area contributed by atoms with E-state index < -0.39 is 23.3 Å². The molecule has 0 N–H and O–H groups in total. The summed E-state index contributed by atoms with van der Waals surface area (Å²) < 4.78 is 5.10. The second-order valence-electron chi connectivity index (χ2n) is 10.3. The number of non-ortho nitro benzene ring substituents is 1. The van der Waals surface area contributed by atoms with Crippen LogP contribution in [0.1, 0.15) is 45.0 Å². The van der Waals surface area contributed by atoms with Gasteiger partial charge in [0.1, 0.15) is 0 Å². The Labute approximate surface area is 223 Å². The van der Waals surface area contributed by atoms with Crippen molar-refractivity contribution >= 4 is 34.9 Å². The zero-order valence-corrected chi connectivity index (χ0v) is 20.8. The number of rotatable bonds is 7. The van der Waals surface area contributed by atoms with Crippen LogP contribution in [0.25, 0.3) is 0 Å². The first-order valence-corrected chi connectivity index (χ1v) is 12.8. The topological polar surface area (TPSA) is 124 Å². The molecule has 0 spiro atoms. The second-order valence-corrected chi connectivity index (χ2v) is 10.3. The van der Waals surface area contributed by atoms with Crippen molar-refractivity contribution in [1.29, 1.82) is 0 Å². The predicted molar refractivity (Wildman–Crippen MR) is 139 cm³/mol. The molecule has 0 unspecified atom stereocenters. The lowest BCUT2D eigenvalue weighted by atomic mass is 9.73. The van der Waals surface area contributed by atoms with E-state index in [1.54, 1.807) is 0 Å². The molecule has 9 nitrogen and oxygen atoms in total. The van der Waals surface area contributed by atoms with Crippen LogP contribution in [0.2, 0.25) is 0 Å². The van der Waals surface area contributed by atoms with Crippen LogP contribution in [0.3, 0.4) is 0 Å². The lowest BCUT2D eigenvalue weighted by Gasteiger charge is -2.28. The molecule has 196 valence electrons. The lowest BCUT2D eigenvalue weighted by Crippen LogP contribution is -2.33. The number of imide groups is 1. The molecule has 5 atom stereocenters. The van der Waals surface area contributed by atoms with Crippen LogP contribution in [0.4, 0.5) is 11.4 Å². The maximum absolute atomic E-state index is 13.5. The van der Waals surface area contributed by atoms with E-state index >= 15 is 0 Å². The first-order valence-electron chi connectivity index (χ1n) is 12.8. The number of ether oxygens (including phenoxy) is 1. The van der Waals surface area contributed by atoms with E-state index in [-0.39, 0.29) is 58.2 Å². The molecule has 2 bridgehead atoms. The molecule has 0 aromatic heterocycles. The number of nitrogens with zero attached hydrogens (tertiary/aromatic N) is 2. The SMILES string of the molecule is O=C(COC(=O)c1ccc(N2C(=O)[C@@H]3[C@@H]4C[C@@H]([C@@H]3C2=O)[C@@H](c2ccccc2)C4)cc1)c1cccc([N+](=O)[O-])c1. The van der Waals surface area contributed by atoms with Crippen LogP contribution in [-0.4, -0.2) is 35.1 Å². The first-order chi connectivity index (χ1) is 18.8. The summed E-state index contributed by atoms with van der Waals surface area (Å²) in [4.78, 5) is 63.3. The number of ketones is 1. The van der Waals surface area contributed by atoms with Gasteiger partial charge in [-0.05, 0) is 60.4 Å². The molecule has 6 rings (SSSR count). The molecule has 0 radical (unpaired) electrons. The molecule has 2 aliphatic carbocycles. The Morgan fingerprint density at radius 3 is 2.31 bits per heavy atom. The van der Waals surface area contributed by atoms with Gasteiger partial charge < -0.3 is 4.74 Å². The van der Waals surface area contributed by atoms with Gasteiger partial charge in [0.2, 0.25) is 17.6 Å². The standard InChI is InChI=1S/C30H24N2O7/c33-25(19-7-4-8-22(13-19)32(37)38)16-39-30(36)18-9-11-21(12-10-18)31-28(34)26-20-14-23(17-5-2-1-3-6-17)24(15-20)27(26)29(31)35/h1-13,20,23-24,26-27H,14-16H2/t20-,23+,24+,26+,27-/m0/s1. The van der Waals surface area contributed by atoms with Gasteiger partial charge in [-0.15, -0.1) is 0 Å². The van der Waals surface area contributed by atoms with Crippen LogP contribution in [-0.2, 0) is 14.3 Å². The fourth-order valence-electron chi connectivity index (χ4n) is 6.63. The fraction of sp³-hybridized carbons (Fsp3) is 0.267. The minimum atomic E-state index is -0.764. The zero-order chi connectivity index (χ0) is 27.3. The number of hydrogen-bond acceptors (Lipinski definition) is 7. The Morgan fingerprint density at radius 2 is 1.59 bits per heavy atom. The zero-order valence-electron chi connectivity index (χ0n) is 20.8. The van der Waals surface area contributed by atoms with Gasteiger partial charge in [0, 0.05) is 17.7 Å². The maximum atomic E-state index is 13.5. The largest absolute Gasteiger partial charge is 0.454 e. The molecular formula is C30H24N2O7. The van der Waals surface area contributed by atoms with Gasteiger partial charge in [-0.2, -0.15) is 0 Å². The van der Waals surface area contributed by atoms with E-state index in [1.807, 2.05) is 18.2 Å². The number of esters is 1. The third-order valence-electron chi connectivity index (χ3n) is 8.32. The van der Waals surface area contributed by atoms with Crippen molar-refractivity contribution in [3.63, 3.8) is 0 Å².